The zero-order valence-corrected chi connectivity index (χ0v) is 8.80. The summed E-state index contributed by atoms with van der Waals surface area (Å²) in [5.74, 6) is 0. The molecule has 0 unspecified atom stereocenters. The minimum atomic E-state index is 0.357. The Morgan fingerprint density at radius 3 is 2.60 bits per heavy atom. The van der Waals surface area contributed by atoms with Gasteiger partial charge in [0.05, 0.1) is 0 Å². The maximum atomic E-state index is 3.77. The zero-order chi connectivity index (χ0) is 7.45. The summed E-state index contributed by atoms with van der Waals surface area (Å²) in [5, 5.41) is 0. The fourth-order valence-corrected chi connectivity index (χ4v) is 3.92. The molecule has 1 heterocycles. The van der Waals surface area contributed by atoms with E-state index in [-0.39, 0.29) is 0 Å². The van der Waals surface area contributed by atoms with Gasteiger partial charge < -0.3 is 0 Å². The Balaban J connectivity index is 2.28. The van der Waals surface area contributed by atoms with Gasteiger partial charge in [-0.1, -0.05) is 0 Å². The van der Waals surface area contributed by atoms with Gasteiger partial charge in [0, 0.05) is 0 Å². The average molecular weight is 253 g/mol. The summed E-state index contributed by atoms with van der Waals surface area (Å²) >= 11 is 0.357. The number of hydrogen-bond donors (Lipinski definition) is 0. The molecule has 60 valence electrons. The Morgan fingerprint density at radius 2 is 2.10 bits per heavy atom. The predicted molar refractivity (Wildman–Crippen MR) is 40.2 cm³/mol. The molecule has 0 aromatic carbocycles. The SMILES string of the molecule is C=CC[I-][N+]1(C)CCCC1. The molecule has 1 rings (SSSR count). The van der Waals surface area contributed by atoms with Gasteiger partial charge in [0.1, 0.15) is 0 Å². The average Bonchev–Trinajstić information content (AvgIpc) is 2.33. The van der Waals surface area contributed by atoms with Crippen LogP contribution in [0.15, 0.2) is 12.7 Å². The van der Waals surface area contributed by atoms with Crippen molar-refractivity contribution in [3.8, 4) is 0 Å². The van der Waals surface area contributed by atoms with E-state index < -0.39 is 0 Å². The van der Waals surface area contributed by atoms with Crippen LogP contribution in [0, 0.1) is 0 Å². The Bertz CT molecular complexity index is 116. The first-order valence-electron chi connectivity index (χ1n) is 3.83. The van der Waals surface area contributed by atoms with Crippen LogP contribution < -0.4 is 21.5 Å². The summed E-state index contributed by atoms with van der Waals surface area (Å²) < 4.78 is 2.68. The summed E-state index contributed by atoms with van der Waals surface area (Å²) in [7, 11) is 2.41. The molecule has 0 spiro atoms. The molecule has 1 fully saturated rings. The third-order valence-electron chi connectivity index (χ3n) is 1.97. The number of hydrogen-bond acceptors (Lipinski definition) is 0. The molecule has 0 aromatic rings. The van der Waals surface area contributed by atoms with Crippen molar-refractivity contribution >= 4 is 0 Å². The molecule has 0 radical (unpaired) electrons. The molecule has 0 saturated carbocycles. The fraction of sp³-hybridized carbons (Fsp3) is 0.750. The van der Waals surface area contributed by atoms with Crippen molar-refractivity contribution in [2.45, 2.75) is 12.8 Å². The number of rotatable bonds is 3. The summed E-state index contributed by atoms with van der Waals surface area (Å²) in [5.41, 5.74) is 0. The van der Waals surface area contributed by atoms with E-state index >= 15 is 0 Å². The van der Waals surface area contributed by atoms with Crippen molar-refractivity contribution in [2.75, 3.05) is 24.6 Å². The second-order valence-electron chi connectivity index (χ2n) is 2.98. The molecule has 1 aliphatic rings. The van der Waals surface area contributed by atoms with Gasteiger partial charge in [-0.2, -0.15) is 0 Å². The van der Waals surface area contributed by atoms with Crippen molar-refractivity contribution in [1.82, 2.24) is 0 Å². The van der Waals surface area contributed by atoms with Crippen molar-refractivity contribution in [3.63, 3.8) is 0 Å². The Kier molecular flexibility index (Phi) is 3.17. The molecule has 0 atom stereocenters. The van der Waals surface area contributed by atoms with Gasteiger partial charge in [0.15, 0.2) is 0 Å². The van der Waals surface area contributed by atoms with E-state index in [0.29, 0.717) is 21.5 Å². The number of allylic oxidation sites excluding steroid dienone is 1. The van der Waals surface area contributed by atoms with Gasteiger partial charge in [-0.15, -0.1) is 0 Å². The van der Waals surface area contributed by atoms with Crippen molar-refractivity contribution in [3.05, 3.63) is 12.7 Å². The predicted octanol–water partition coefficient (Wildman–Crippen LogP) is -1.58. The normalized spacial score (nSPS) is 23.3. The first-order valence-corrected chi connectivity index (χ1v) is 6.32. The summed E-state index contributed by atoms with van der Waals surface area (Å²) in [6.45, 7) is 6.63. The van der Waals surface area contributed by atoms with E-state index in [1.807, 2.05) is 0 Å². The van der Waals surface area contributed by atoms with Gasteiger partial charge in [-0.3, -0.25) is 0 Å². The van der Waals surface area contributed by atoms with E-state index in [4.69, 9.17) is 0 Å². The molecular weight excluding hydrogens is 237 g/mol. The summed E-state index contributed by atoms with van der Waals surface area (Å²) in [6.07, 6.45) is 4.98. The zero-order valence-electron chi connectivity index (χ0n) is 6.65. The standard InChI is InChI=1S/C8H16IN/c1-3-6-9-10(2)7-4-5-8-10/h3H,1,4-8H2,2H3. The Labute approximate surface area is 74.3 Å². The van der Waals surface area contributed by atoms with Crippen molar-refractivity contribution in [1.29, 1.82) is 0 Å². The molecule has 0 bridgehead atoms. The number of nitrogens with zero attached hydrogens (tertiary/aromatic N) is 1. The van der Waals surface area contributed by atoms with Crippen LogP contribution in [0.25, 0.3) is 0 Å². The second kappa shape index (κ2) is 3.72. The molecule has 10 heavy (non-hydrogen) atoms. The fourth-order valence-electron chi connectivity index (χ4n) is 1.33. The van der Waals surface area contributed by atoms with Crippen LogP contribution in [0.1, 0.15) is 12.8 Å². The molecule has 1 saturated heterocycles. The number of alkyl halides is 1. The molecule has 2 heteroatoms. The number of quaternary nitrogens is 1. The van der Waals surface area contributed by atoms with Gasteiger partial charge in [0.2, 0.25) is 0 Å². The first kappa shape index (κ1) is 8.53. The monoisotopic (exact) mass is 253 g/mol. The summed E-state index contributed by atoms with van der Waals surface area (Å²) in [6, 6.07) is 0. The van der Waals surface area contributed by atoms with E-state index in [9.17, 15) is 0 Å². The van der Waals surface area contributed by atoms with Crippen LogP contribution in [-0.2, 0) is 0 Å². The molecule has 1 nitrogen and oxygen atoms in total. The number of halogens is 1. The molecule has 0 amide bonds. The Hall–Kier alpha value is 0.430. The van der Waals surface area contributed by atoms with E-state index in [2.05, 4.69) is 19.7 Å². The van der Waals surface area contributed by atoms with Gasteiger partial charge in [0.25, 0.3) is 0 Å². The maximum absolute atomic E-state index is 3.77. The van der Waals surface area contributed by atoms with Crippen LogP contribution in [0.5, 0.6) is 0 Å². The molecule has 0 aromatic heterocycles. The second-order valence-corrected chi connectivity index (χ2v) is 6.87. The third-order valence-corrected chi connectivity index (χ3v) is 5.59. The third kappa shape index (κ3) is 2.23. The quantitative estimate of drug-likeness (QED) is 0.246. The van der Waals surface area contributed by atoms with Crippen LogP contribution in [0.2, 0.25) is 0 Å². The van der Waals surface area contributed by atoms with Crippen molar-refractivity contribution < 1.29 is 24.2 Å². The molecule has 1 aliphatic heterocycles. The molecular formula is C8H16IN. The van der Waals surface area contributed by atoms with E-state index in [1.165, 1.54) is 33.1 Å². The van der Waals surface area contributed by atoms with Crippen LogP contribution in [0.3, 0.4) is 0 Å². The molecule has 0 N–H and O–H groups in total. The van der Waals surface area contributed by atoms with Crippen molar-refractivity contribution in [2.24, 2.45) is 0 Å². The van der Waals surface area contributed by atoms with Gasteiger partial charge >= 0.3 is 74.2 Å². The van der Waals surface area contributed by atoms with Crippen LogP contribution >= 0.6 is 0 Å². The van der Waals surface area contributed by atoms with Crippen LogP contribution in [0.4, 0.5) is 0 Å². The van der Waals surface area contributed by atoms with Crippen LogP contribution in [-0.4, -0.2) is 27.3 Å². The van der Waals surface area contributed by atoms with Gasteiger partial charge in [-0.05, 0) is 0 Å². The topological polar surface area (TPSA) is 0 Å². The first-order chi connectivity index (χ1) is 4.77. The summed E-state index contributed by atoms with van der Waals surface area (Å²) in [4.78, 5) is 0. The van der Waals surface area contributed by atoms with Gasteiger partial charge in [-0.25, -0.2) is 0 Å². The Morgan fingerprint density at radius 1 is 1.50 bits per heavy atom. The molecule has 0 aliphatic carbocycles. The van der Waals surface area contributed by atoms with E-state index in [0.717, 1.165) is 0 Å². The number of likely N-dealkylation sites (tertiary alicyclic amines) is 1. The van der Waals surface area contributed by atoms with E-state index in [1.54, 1.807) is 0 Å². The minimum absolute atomic E-state index is 0.357.